The van der Waals surface area contributed by atoms with Gasteiger partial charge in [0, 0.05) is 22.0 Å². The fraction of sp³-hybridized carbons (Fsp3) is 0.0500. The maximum absolute atomic E-state index is 11.9. The number of hydrogen-bond donors (Lipinski definition) is 1. The molecule has 0 atom stereocenters. The Bertz CT molecular complexity index is 930. The van der Waals surface area contributed by atoms with E-state index in [4.69, 9.17) is 0 Å². The zero-order chi connectivity index (χ0) is 16.9. The first-order chi connectivity index (χ1) is 11.6. The van der Waals surface area contributed by atoms with Crippen molar-refractivity contribution in [1.82, 2.24) is 0 Å². The molecule has 1 amide bonds. The summed E-state index contributed by atoms with van der Waals surface area (Å²) in [6.45, 7) is 5.35. The predicted molar refractivity (Wildman–Crippen MR) is 98.0 cm³/mol. The summed E-state index contributed by atoms with van der Waals surface area (Å²) in [6.07, 6.45) is 0. The Hall–Kier alpha value is -3.27. The average Bonchev–Trinajstić information content (AvgIpc) is 2.61. The molecule has 0 saturated carbocycles. The molecule has 0 unspecified atom stereocenters. The summed E-state index contributed by atoms with van der Waals surface area (Å²) in [5.41, 5.74) is 2.74. The number of anilines is 1. The van der Waals surface area contributed by atoms with Crippen LogP contribution in [0.2, 0.25) is 0 Å². The second-order valence-corrected chi connectivity index (χ2v) is 5.45. The Kier molecular flexibility index (Phi) is 4.47. The van der Waals surface area contributed by atoms with Crippen molar-refractivity contribution in [1.29, 1.82) is 0 Å². The van der Waals surface area contributed by atoms with Crippen LogP contribution in [-0.2, 0) is 4.79 Å². The molecule has 0 heterocycles. The molecule has 24 heavy (non-hydrogen) atoms. The zero-order valence-electron chi connectivity index (χ0n) is 13.4. The van der Waals surface area contributed by atoms with Crippen molar-refractivity contribution in [2.75, 3.05) is 5.32 Å². The maximum atomic E-state index is 11.9. The molecule has 0 aliphatic rings. The standard InChI is InChI=1S/C20H17N3O/c1-14(2)20(24)21-18-12-13-19(17-11-7-6-10-16(17)18)23-22-15-8-4-3-5-9-15/h3-13H,1H2,2H3,(H,21,24). The minimum Gasteiger partial charge on any atom is -0.322 e. The van der Waals surface area contributed by atoms with Crippen molar-refractivity contribution in [3.63, 3.8) is 0 Å². The van der Waals surface area contributed by atoms with Crippen molar-refractivity contribution in [3.8, 4) is 0 Å². The van der Waals surface area contributed by atoms with Crippen molar-refractivity contribution < 1.29 is 4.79 Å². The molecule has 0 spiro atoms. The van der Waals surface area contributed by atoms with Gasteiger partial charge in [-0.25, -0.2) is 0 Å². The lowest BCUT2D eigenvalue weighted by molar-refractivity contribution is -0.112. The van der Waals surface area contributed by atoms with Gasteiger partial charge in [-0.2, -0.15) is 5.11 Å². The van der Waals surface area contributed by atoms with E-state index in [0.717, 1.165) is 27.8 Å². The first-order valence-electron chi connectivity index (χ1n) is 7.60. The first-order valence-corrected chi connectivity index (χ1v) is 7.60. The van der Waals surface area contributed by atoms with Gasteiger partial charge in [0.05, 0.1) is 11.4 Å². The zero-order valence-corrected chi connectivity index (χ0v) is 13.4. The fourth-order valence-electron chi connectivity index (χ4n) is 2.31. The van der Waals surface area contributed by atoms with Gasteiger partial charge in [0.15, 0.2) is 0 Å². The van der Waals surface area contributed by atoms with Crippen molar-refractivity contribution >= 4 is 33.7 Å². The number of amides is 1. The number of carbonyl (C=O) groups is 1. The van der Waals surface area contributed by atoms with Gasteiger partial charge in [-0.15, -0.1) is 5.11 Å². The smallest absolute Gasteiger partial charge is 0.250 e. The van der Waals surface area contributed by atoms with Gasteiger partial charge in [-0.1, -0.05) is 49.0 Å². The lowest BCUT2D eigenvalue weighted by atomic mass is 10.1. The molecule has 1 N–H and O–H groups in total. The molecule has 0 radical (unpaired) electrons. The molecule has 3 rings (SSSR count). The third-order valence-electron chi connectivity index (χ3n) is 3.57. The highest BCUT2D eigenvalue weighted by atomic mass is 16.1. The molecule has 0 saturated heterocycles. The Morgan fingerprint density at radius 2 is 1.54 bits per heavy atom. The minimum absolute atomic E-state index is 0.196. The van der Waals surface area contributed by atoms with E-state index in [9.17, 15) is 4.79 Å². The SMILES string of the molecule is C=C(C)C(=O)Nc1ccc(N=Nc2ccccc2)c2ccccc12. The van der Waals surface area contributed by atoms with E-state index in [1.54, 1.807) is 6.92 Å². The highest BCUT2D eigenvalue weighted by molar-refractivity contribution is 6.10. The van der Waals surface area contributed by atoms with Crippen molar-refractivity contribution in [3.05, 3.63) is 78.9 Å². The Labute approximate surface area is 140 Å². The quantitative estimate of drug-likeness (QED) is 0.482. The lowest BCUT2D eigenvalue weighted by Gasteiger charge is -2.10. The third kappa shape index (κ3) is 3.38. The number of hydrogen-bond acceptors (Lipinski definition) is 3. The second kappa shape index (κ2) is 6.87. The number of rotatable bonds is 4. The normalized spacial score (nSPS) is 10.9. The highest BCUT2D eigenvalue weighted by Gasteiger charge is 2.08. The summed E-state index contributed by atoms with van der Waals surface area (Å²) in [4.78, 5) is 11.9. The van der Waals surface area contributed by atoms with E-state index >= 15 is 0 Å². The molecule has 0 aliphatic carbocycles. The van der Waals surface area contributed by atoms with E-state index in [2.05, 4.69) is 22.1 Å². The number of benzene rings is 3. The van der Waals surface area contributed by atoms with Crippen LogP contribution in [0.15, 0.2) is 89.1 Å². The summed E-state index contributed by atoms with van der Waals surface area (Å²) in [5.74, 6) is -0.196. The Balaban J connectivity index is 2.01. The molecule has 0 aliphatic heterocycles. The Morgan fingerprint density at radius 1 is 0.875 bits per heavy atom. The van der Waals surface area contributed by atoms with Crippen LogP contribution < -0.4 is 5.32 Å². The van der Waals surface area contributed by atoms with Gasteiger partial charge < -0.3 is 5.32 Å². The summed E-state index contributed by atoms with van der Waals surface area (Å²) in [5, 5.41) is 13.3. The lowest BCUT2D eigenvalue weighted by Crippen LogP contribution is -2.11. The molecule has 0 fully saturated rings. The monoisotopic (exact) mass is 315 g/mol. The molecule has 0 bridgehead atoms. The topological polar surface area (TPSA) is 53.8 Å². The van der Waals surface area contributed by atoms with Crippen LogP contribution >= 0.6 is 0 Å². The van der Waals surface area contributed by atoms with Crippen LogP contribution in [0.1, 0.15) is 6.92 Å². The number of azo groups is 1. The number of nitrogens with one attached hydrogen (secondary N) is 1. The Morgan fingerprint density at radius 3 is 2.25 bits per heavy atom. The largest absolute Gasteiger partial charge is 0.322 e. The van der Waals surface area contributed by atoms with E-state index in [0.29, 0.717) is 5.57 Å². The second-order valence-electron chi connectivity index (χ2n) is 5.45. The molecule has 3 aromatic rings. The van der Waals surface area contributed by atoms with Crippen LogP contribution in [0.25, 0.3) is 10.8 Å². The summed E-state index contributed by atoms with van der Waals surface area (Å²) >= 11 is 0. The van der Waals surface area contributed by atoms with Gasteiger partial charge in [0.1, 0.15) is 0 Å². The molecule has 118 valence electrons. The number of carbonyl (C=O) groups excluding carboxylic acids is 1. The predicted octanol–water partition coefficient (Wildman–Crippen LogP) is 5.77. The molecule has 0 aromatic heterocycles. The van der Waals surface area contributed by atoms with Gasteiger partial charge in [0.2, 0.25) is 0 Å². The molecule has 4 nitrogen and oxygen atoms in total. The maximum Gasteiger partial charge on any atom is 0.250 e. The van der Waals surface area contributed by atoms with Crippen LogP contribution in [0.4, 0.5) is 17.1 Å². The number of fused-ring (bicyclic) bond motifs is 1. The average molecular weight is 315 g/mol. The summed E-state index contributed by atoms with van der Waals surface area (Å²) in [7, 11) is 0. The van der Waals surface area contributed by atoms with Crippen LogP contribution in [-0.4, -0.2) is 5.91 Å². The molecule has 4 heteroatoms. The van der Waals surface area contributed by atoms with Gasteiger partial charge in [0.25, 0.3) is 5.91 Å². The van der Waals surface area contributed by atoms with Crippen LogP contribution in [0.3, 0.4) is 0 Å². The minimum atomic E-state index is -0.196. The van der Waals surface area contributed by atoms with Crippen LogP contribution in [0.5, 0.6) is 0 Å². The number of nitrogens with zero attached hydrogens (tertiary/aromatic N) is 2. The first kappa shape index (κ1) is 15.6. The van der Waals surface area contributed by atoms with Gasteiger partial charge in [-0.3, -0.25) is 4.79 Å². The molecule has 3 aromatic carbocycles. The molecular formula is C20H17N3O. The molecular weight excluding hydrogens is 298 g/mol. The van der Waals surface area contributed by atoms with Crippen molar-refractivity contribution in [2.45, 2.75) is 6.92 Å². The van der Waals surface area contributed by atoms with Gasteiger partial charge in [-0.05, 0) is 31.2 Å². The van der Waals surface area contributed by atoms with Gasteiger partial charge >= 0.3 is 0 Å². The van der Waals surface area contributed by atoms with Crippen LogP contribution in [0, 0.1) is 0 Å². The van der Waals surface area contributed by atoms with E-state index in [-0.39, 0.29) is 5.91 Å². The summed E-state index contributed by atoms with van der Waals surface area (Å²) < 4.78 is 0. The third-order valence-corrected chi connectivity index (χ3v) is 3.57. The van der Waals surface area contributed by atoms with E-state index in [1.165, 1.54) is 0 Å². The van der Waals surface area contributed by atoms with E-state index < -0.39 is 0 Å². The fourth-order valence-corrected chi connectivity index (χ4v) is 2.31. The van der Waals surface area contributed by atoms with Crippen molar-refractivity contribution in [2.24, 2.45) is 10.2 Å². The summed E-state index contributed by atoms with van der Waals surface area (Å²) in [6, 6.07) is 21.0. The van der Waals surface area contributed by atoms with E-state index in [1.807, 2.05) is 66.7 Å². The highest BCUT2D eigenvalue weighted by Crippen LogP contribution is 2.33.